The number of nitrogens with zero attached hydrogens (tertiary/aromatic N) is 1. The van der Waals surface area contributed by atoms with Crippen molar-refractivity contribution in [2.75, 3.05) is 20.7 Å². The first kappa shape index (κ1) is 23.2. The van der Waals surface area contributed by atoms with Crippen LogP contribution in [0.15, 0.2) is 42.5 Å². The van der Waals surface area contributed by atoms with E-state index >= 15 is 0 Å². The van der Waals surface area contributed by atoms with E-state index in [1.165, 1.54) is 18.2 Å². The first-order chi connectivity index (χ1) is 14.3. The second-order valence-corrected chi connectivity index (χ2v) is 8.62. The fourth-order valence-electron chi connectivity index (χ4n) is 4.04. The predicted octanol–water partition coefficient (Wildman–Crippen LogP) is 5.69. The van der Waals surface area contributed by atoms with Gasteiger partial charge in [-0.05, 0) is 35.7 Å². The zero-order valence-corrected chi connectivity index (χ0v) is 17.6. The Balaban J connectivity index is 1.78. The third-order valence-electron chi connectivity index (χ3n) is 6.13. The molecule has 0 unspecified atom stereocenters. The Morgan fingerprint density at radius 2 is 1.71 bits per heavy atom. The number of amides is 1. The van der Waals surface area contributed by atoms with Gasteiger partial charge in [-0.2, -0.15) is 13.2 Å². The molecule has 0 saturated heterocycles. The van der Waals surface area contributed by atoms with Crippen LogP contribution in [0.25, 0.3) is 0 Å². The van der Waals surface area contributed by atoms with Crippen molar-refractivity contribution in [3.8, 4) is 5.75 Å². The number of hydrogen-bond donors (Lipinski definition) is 0. The van der Waals surface area contributed by atoms with Gasteiger partial charge in [0.05, 0.1) is 20.5 Å². The molecule has 0 aliphatic heterocycles. The summed E-state index contributed by atoms with van der Waals surface area (Å²) in [7, 11) is 3.52. The van der Waals surface area contributed by atoms with Gasteiger partial charge in [-0.25, -0.2) is 13.6 Å². The predicted molar refractivity (Wildman–Crippen MR) is 105 cm³/mol. The molecule has 0 N–H and O–H groups in total. The second-order valence-electron chi connectivity index (χ2n) is 8.62. The van der Waals surface area contributed by atoms with Crippen molar-refractivity contribution in [3.63, 3.8) is 0 Å². The van der Waals surface area contributed by atoms with Gasteiger partial charge in [0.15, 0.2) is 6.61 Å². The van der Waals surface area contributed by atoms with Crippen LogP contribution in [-0.2, 0) is 10.3 Å². The standard InChI is InChI=1S/C23H25F5NO2/c1-15(16-10-18(24)13-19(25)11-16)9-21(30)29(2,3)22(7-8-22)17-5-4-6-20(12-17)31-14-23(26,27)28/h4-6,10-13,15H,7-9,14H2,1-3H3/q+1/t15-/m1/s1. The Labute approximate surface area is 178 Å². The average molecular weight is 442 g/mol. The number of carbonyl (C=O) groups is 1. The molecular formula is C23H25F5NO2+. The summed E-state index contributed by atoms with van der Waals surface area (Å²) in [4.78, 5) is 13.2. The maximum atomic E-state index is 13.5. The van der Waals surface area contributed by atoms with Gasteiger partial charge in [0, 0.05) is 24.5 Å². The monoisotopic (exact) mass is 442 g/mol. The molecule has 0 heterocycles. The molecule has 31 heavy (non-hydrogen) atoms. The van der Waals surface area contributed by atoms with E-state index in [0.29, 0.717) is 18.4 Å². The summed E-state index contributed by atoms with van der Waals surface area (Å²) >= 11 is 0. The fourth-order valence-corrected chi connectivity index (χ4v) is 4.04. The zero-order chi connectivity index (χ0) is 23.0. The van der Waals surface area contributed by atoms with Crippen LogP contribution in [0, 0.1) is 11.6 Å². The van der Waals surface area contributed by atoms with Gasteiger partial charge in [0.1, 0.15) is 22.9 Å². The van der Waals surface area contributed by atoms with E-state index < -0.39 is 35.9 Å². The molecule has 168 valence electrons. The molecule has 2 aromatic rings. The average Bonchev–Trinajstić information content (AvgIpc) is 3.48. The van der Waals surface area contributed by atoms with Gasteiger partial charge in [0.25, 0.3) is 0 Å². The van der Waals surface area contributed by atoms with Crippen LogP contribution >= 0.6 is 0 Å². The van der Waals surface area contributed by atoms with Crippen LogP contribution in [-0.4, -0.2) is 37.3 Å². The van der Waals surface area contributed by atoms with Crippen molar-refractivity contribution in [2.45, 2.75) is 43.8 Å². The highest BCUT2D eigenvalue weighted by Gasteiger charge is 2.60. The minimum Gasteiger partial charge on any atom is -0.484 e. The summed E-state index contributed by atoms with van der Waals surface area (Å²) in [5.74, 6) is -1.82. The lowest BCUT2D eigenvalue weighted by Gasteiger charge is -2.37. The van der Waals surface area contributed by atoms with E-state index in [4.69, 9.17) is 4.74 Å². The Hall–Kier alpha value is -2.48. The summed E-state index contributed by atoms with van der Waals surface area (Å²) in [5.41, 5.74) is 0.565. The van der Waals surface area contributed by atoms with Crippen molar-refractivity contribution in [2.24, 2.45) is 0 Å². The van der Waals surface area contributed by atoms with Crippen LogP contribution in [0.3, 0.4) is 0 Å². The molecule has 0 radical (unpaired) electrons. The first-order valence-corrected chi connectivity index (χ1v) is 9.98. The van der Waals surface area contributed by atoms with Crippen molar-refractivity contribution < 1.29 is 36.0 Å². The topological polar surface area (TPSA) is 26.3 Å². The Morgan fingerprint density at radius 1 is 1.10 bits per heavy atom. The van der Waals surface area contributed by atoms with Crippen LogP contribution in [0.5, 0.6) is 5.75 Å². The molecule has 1 aliphatic carbocycles. The molecular weight excluding hydrogens is 417 g/mol. The van der Waals surface area contributed by atoms with Crippen molar-refractivity contribution in [3.05, 3.63) is 65.2 Å². The number of benzene rings is 2. The molecule has 2 aromatic carbocycles. The molecule has 8 heteroatoms. The molecule has 0 spiro atoms. The third kappa shape index (κ3) is 5.06. The maximum Gasteiger partial charge on any atom is 0.422 e. The zero-order valence-electron chi connectivity index (χ0n) is 17.6. The summed E-state index contributed by atoms with van der Waals surface area (Å²) < 4.78 is 69.4. The highest BCUT2D eigenvalue weighted by atomic mass is 19.4. The van der Waals surface area contributed by atoms with E-state index in [0.717, 1.165) is 11.6 Å². The molecule has 0 bridgehead atoms. The number of halogens is 5. The quantitative estimate of drug-likeness (QED) is 0.407. The van der Waals surface area contributed by atoms with E-state index in [2.05, 4.69) is 0 Å². The van der Waals surface area contributed by atoms with Gasteiger partial charge in [-0.3, -0.25) is 4.48 Å². The lowest BCUT2D eigenvalue weighted by molar-refractivity contribution is -0.860. The van der Waals surface area contributed by atoms with E-state index in [1.807, 2.05) is 0 Å². The third-order valence-corrected chi connectivity index (χ3v) is 6.13. The first-order valence-electron chi connectivity index (χ1n) is 9.98. The van der Waals surface area contributed by atoms with Gasteiger partial charge in [-0.1, -0.05) is 19.1 Å². The van der Waals surface area contributed by atoms with Crippen molar-refractivity contribution >= 4 is 5.91 Å². The summed E-state index contributed by atoms with van der Waals surface area (Å²) in [5, 5.41) is 0. The summed E-state index contributed by atoms with van der Waals surface area (Å²) in [6, 6.07) is 9.62. The number of quaternary nitrogens is 1. The molecule has 1 fully saturated rings. The molecule has 1 saturated carbocycles. The van der Waals surface area contributed by atoms with Gasteiger partial charge >= 0.3 is 12.1 Å². The Morgan fingerprint density at radius 3 is 2.26 bits per heavy atom. The number of alkyl halides is 3. The number of ether oxygens (including phenoxy) is 1. The van der Waals surface area contributed by atoms with E-state index in [-0.39, 0.29) is 22.6 Å². The molecule has 3 nitrogen and oxygen atoms in total. The van der Waals surface area contributed by atoms with E-state index in [9.17, 15) is 26.7 Å². The van der Waals surface area contributed by atoms with Gasteiger partial charge in [-0.15, -0.1) is 0 Å². The largest absolute Gasteiger partial charge is 0.484 e. The lowest BCUT2D eigenvalue weighted by atomic mass is 9.94. The van der Waals surface area contributed by atoms with Crippen molar-refractivity contribution in [1.29, 1.82) is 0 Å². The van der Waals surface area contributed by atoms with Gasteiger partial charge in [0.2, 0.25) is 0 Å². The molecule has 0 aromatic heterocycles. The highest BCUT2D eigenvalue weighted by Crippen LogP contribution is 2.54. The molecule has 1 amide bonds. The minimum atomic E-state index is -4.44. The minimum absolute atomic E-state index is 0.0160. The van der Waals surface area contributed by atoms with Crippen LogP contribution in [0.1, 0.15) is 43.2 Å². The fraction of sp³-hybridized carbons (Fsp3) is 0.435. The Bertz CT molecular complexity index is 946. The highest BCUT2D eigenvalue weighted by molar-refractivity contribution is 5.71. The second kappa shape index (κ2) is 8.22. The summed E-state index contributed by atoms with van der Waals surface area (Å²) in [6.07, 6.45) is -2.98. The van der Waals surface area contributed by atoms with Crippen LogP contribution in [0.4, 0.5) is 22.0 Å². The van der Waals surface area contributed by atoms with Crippen molar-refractivity contribution in [1.82, 2.24) is 0 Å². The number of carbonyl (C=O) groups excluding carboxylic acids is 1. The maximum absolute atomic E-state index is 13.5. The van der Waals surface area contributed by atoms with Crippen LogP contribution in [0.2, 0.25) is 0 Å². The molecule has 1 atom stereocenters. The molecule has 3 rings (SSSR count). The normalized spacial score (nSPS) is 16.6. The number of hydrogen-bond acceptors (Lipinski definition) is 2. The van der Waals surface area contributed by atoms with Gasteiger partial charge < -0.3 is 4.74 Å². The summed E-state index contributed by atoms with van der Waals surface area (Å²) in [6.45, 7) is 0.347. The lowest BCUT2D eigenvalue weighted by Crippen LogP contribution is -2.53. The smallest absolute Gasteiger partial charge is 0.422 e. The van der Waals surface area contributed by atoms with Crippen LogP contribution < -0.4 is 4.74 Å². The number of rotatable bonds is 7. The SMILES string of the molecule is C[C@H](CC(=O)[N+](C)(C)C1(c2cccc(OCC(F)(F)F)c2)CC1)c1cc(F)cc(F)c1. The molecule has 1 aliphatic rings. The van der Waals surface area contributed by atoms with E-state index in [1.54, 1.807) is 39.2 Å². The Kier molecular flexibility index (Phi) is 6.15.